The Balaban J connectivity index is 0.00000169. The van der Waals surface area contributed by atoms with Gasteiger partial charge in [0.1, 0.15) is 5.58 Å². The third kappa shape index (κ3) is 2.42. The fourth-order valence-corrected chi connectivity index (χ4v) is 3.24. The maximum absolute atomic E-state index is 12.6. The zero-order valence-electron chi connectivity index (χ0n) is 12.5. The Morgan fingerprint density at radius 3 is 2.58 bits per heavy atom. The quantitative estimate of drug-likeness (QED) is 0.707. The number of hydrogen-bond donors (Lipinski definition) is 2. The zero-order chi connectivity index (χ0) is 16.0. The largest absolute Gasteiger partial charge is 0.450 e. The van der Waals surface area contributed by atoms with Crippen molar-refractivity contribution in [1.29, 1.82) is 0 Å². The number of nitrogens with one attached hydrogen (secondary N) is 1. The summed E-state index contributed by atoms with van der Waals surface area (Å²) in [7, 11) is 0. The lowest BCUT2D eigenvalue weighted by Crippen LogP contribution is -2.17. The van der Waals surface area contributed by atoms with Crippen molar-refractivity contribution in [3.05, 3.63) is 63.3 Å². The molecule has 0 unspecified atom stereocenters. The number of hydrogen-bond acceptors (Lipinski definition) is 4. The molecule has 1 aliphatic carbocycles. The summed E-state index contributed by atoms with van der Waals surface area (Å²) >= 11 is 0. The fraction of sp³-hybridized carbons (Fsp3) is 0.263. The van der Waals surface area contributed by atoms with Crippen LogP contribution in [0.3, 0.4) is 0 Å². The van der Waals surface area contributed by atoms with Gasteiger partial charge in [-0.25, -0.2) is 0 Å². The number of carbonyl (C=O) groups excluding carboxylic acids is 1. The molecule has 0 atom stereocenters. The first-order valence-electron chi connectivity index (χ1n) is 7.71. The highest BCUT2D eigenvalue weighted by Gasteiger charge is 2.23. The summed E-state index contributed by atoms with van der Waals surface area (Å²) in [6.45, 7) is 0. The molecule has 0 fully saturated rings. The Labute approximate surface area is 139 Å². The van der Waals surface area contributed by atoms with Gasteiger partial charge in [-0.3, -0.25) is 9.59 Å². The van der Waals surface area contributed by atoms with Crippen molar-refractivity contribution < 1.29 is 9.21 Å². The number of nitrogens with two attached hydrogens (primary N) is 1. The van der Waals surface area contributed by atoms with Gasteiger partial charge in [-0.2, -0.15) is 0 Å². The Kier molecular flexibility index (Phi) is 4.01. The Hall–Kier alpha value is -2.82. The molecule has 2 heterocycles. The molecule has 0 spiro atoms. The number of furan rings is 1. The van der Waals surface area contributed by atoms with Gasteiger partial charge in [-0.1, -0.05) is 7.43 Å². The van der Waals surface area contributed by atoms with Crippen LogP contribution in [-0.4, -0.2) is 10.8 Å². The van der Waals surface area contributed by atoms with Gasteiger partial charge in [0.2, 0.25) is 5.78 Å². The number of ketones is 1. The van der Waals surface area contributed by atoms with Crippen LogP contribution in [0.5, 0.6) is 0 Å². The van der Waals surface area contributed by atoms with E-state index in [9.17, 15) is 9.59 Å². The molecule has 24 heavy (non-hydrogen) atoms. The van der Waals surface area contributed by atoms with Crippen molar-refractivity contribution in [1.82, 2.24) is 4.98 Å². The zero-order valence-corrected chi connectivity index (χ0v) is 12.5. The molecule has 0 amide bonds. The molecular weight excluding hydrogens is 304 g/mol. The molecule has 1 aliphatic rings. The van der Waals surface area contributed by atoms with E-state index in [1.54, 1.807) is 6.07 Å². The van der Waals surface area contributed by atoms with Crippen molar-refractivity contribution in [2.45, 2.75) is 33.1 Å². The first-order valence-corrected chi connectivity index (χ1v) is 7.71. The molecule has 5 heteroatoms. The minimum absolute atomic E-state index is 0. The maximum Gasteiger partial charge on any atom is 0.259 e. The lowest BCUT2D eigenvalue weighted by molar-refractivity contribution is 0.101. The van der Waals surface area contributed by atoms with Gasteiger partial charge in [0, 0.05) is 11.6 Å². The molecule has 2 aromatic heterocycles. The number of H-pyrrole nitrogens is 1. The molecule has 0 aliphatic heterocycles. The number of aromatic nitrogens is 1. The smallest absolute Gasteiger partial charge is 0.259 e. The van der Waals surface area contributed by atoms with Gasteiger partial charge in [0.15, 0.2) is 5.76 Å². The predicted octanol–water partition coefficient (Wildman–Crippen LogP) is 3.45. The average molecular weight is 324 g/mol. The monoisotopic (exact) mass is 324 g/mol. The van der Waals surface area contributed by atoms with E-state index in [-0.39, 0.29) is 18.8 Å². The van der Waals surface area contributed by atoms with E-state index >= 15 is 0 Å². The van der Waals surface area contributed by atoms with Gasteiger partial charge in [-0.05, 0) is 61.1 Å². The number of benzene rings is 1. The second-order valence-electron chi connectivity index (χ2n) is 5.91. The predicted molar refractivity (Wildman–Crippen MR) is 94.5 cm³/mol. The van der Waals surface area contributed by atoms with Gasteiger partial charge in [0.05, 0.1) is 11.3 Å². The van der Waals surface area contributed by atoms with Crippen LogP contribution in [0.1, 0.15) is 47.5 Å². The molecule has 0 bridgehead atoms. The first-order chi connectivity index (χ1) is 11.1. The summed E-state index contributed by atoms with van der Waals surface area (Å²) in [4.78, 5) is 26.9. The maximum atomic E-state index is 12.6. The highest BCUT2D eigenvalue weighted by atomic mass is 16.3. The summed E-state index contributed by atoms with van der Waals surface area (Å²) in [5, 5.41) is 0.751. The van der Waals surface area contributed by atoms with Gasteiger partial charge in [-0.15, -0.1) is 0 Å². The number of aryl methyl sites for hydroxylation is 2. The third-order valence-electron chi connectivity index (χ3n) is 4.46. The summed E-state index contributed by atoms with van der Waals surface area (Å²) < 4.78 is 5.71. The van der Waals surface area contributed by atoms with Crippen molar-refractivity contribution in [2.75, 3.05) is 5.73 Å². The number of pyridine rings is 1. The van der Waals surface area contributed by atoms with Crippen LogP contribution in [0.4, 0.5) is 5.69 Å². The minimum atomic E-state index is -0.487. The molecule has 3 N–H and O–H groups in total. The van der Waals surface area contributed by atoms with E-state index in [4.69, 9.17) is 10.2 Å². The van der Waals surface area contributed by atoms with Crippen molar-refractivity contribution in [2.24, 2.45) is 0 Å². The van der Waals surface area contributed by atoms with E-state index in [0.717, 1.165) is 18.2 Å². The van der Waals surface area contributed by atoms with Crippen molar-refractivity contribution in [3.8, 4) is 0 Å². The van der Waals surface area contributed by atoms with Crippen molar-refractivity contribution >= 4 is 22.4 Å². The summed E-state index contributed by atoms with van der Waals surface area (Å²) in [6.07, 6.45) is 5.86. The SMILES string of the molecule is C.Nc1c(C(=O)c2ccc[nH]c2=O)oc2cc3c(cc12)CCCC3. The molecule has 1 aromatic carbocycles. The van der Waals surface area contributed by atoms with Gasteiger partial charge < -0.3 is 15.1 Å². The van der Waals surface area contributed by atoms with E-state index in [0.29, 0.717) is 11.3 Å². The molecule has 4 rings (SSSR count). The van der Waals surface area contributed by atoms with Crippen LogP contribution >= 0.6 is 0 Å². The van der Waals surface area contributed by atoms with Crippen LogP contribution in [-0.2, 0) is 12.8 Å². The standard InChI is InChI=1S/C18H16N2O3.CH4/c19-15-13-8-10-4-1-2-5-11(10)9-14(13)23-17(15)16(21)12-6-3-7-20-18(12)22;/h3,6-9H,1-2,4-5,19H2,(H,20,22);1H4. The van der Waals surface area contributed by atoms with E-state index in [2.05, 4.69) is 4.98 Å². The van der Waals surface area contributed by atoms with Crippen LogP contribution in [0.15, 0.2) is 39.7 Å². The Morgan fingerprint density at radius 1 is 1.17 bits per heavy atom. The number of rotatable bonds is 2. The Bertz CT molecular complexity index is 982. The van der Waals surface area contributed by atoms with E-state index in [1.165, 1.54) is 36.2 Å². The normalized spacial score (nSPS) is 13.3. The van der Waals surface area contributed by atoms with E-state index < -0.39 is 11.3 Å². The number of anilines is 1. The van der Waals surface area contributed by atoms with Crippen molar-refractivity contribution in [3.63, 3.8) is 0 Å². The molecule has 0 saturated carbocycles. The second kappa shape index (κ2) is 6.00. The molecule has 3 aromatic rings. The lowest BCUT2D eigenvalue weighted by Gasteiger charge is -2.14. The van der Waals surface area contributed by atoms with Crippen LogP contribution in [0.2, 0.25) is 0 Å². The highest BCUT2D eigenvalue weighted by Crippen LogP contribution is 2.34. The third-order valence-corrected chi connectivity index (χ3v) is 4.46. The minimum Gasteiger partial charge on any atom is -0.450 e. The lowest BCUT2D eigenvalue weighted by atomic mass is 9.90. The van der Waals surface area contributed by atoms with Gasteiger partial charge >= 0.3 is 0 Å². The molecule has 0 radical (unpaired) electrons. The van der Waals surface area contributed by atoms with E-state index in [1.807, 2.05) is 12.1 Å². The summed E-state index contributed by atoms with van der Waals surface area (Å²) in [6, 6.07) is 7.08. The molecule has 5 nitrogen and oxygen atoms in total. The summed E-state index contributed by atoms with van der Waals surface area (Å²) in [5.74, 6) is -0.447. The number of aromatic amines is 1. The first kappa shape index (κ1) is 16.1. The molecular formula is C19H20N2O3. The van der Waals surface area contributed by atoms with Crippen LogP contribution in [0.25, 0.3) is 11.0 Å². The number of fused-ring (bicyclic) bond motifs is 2. The Morgan fingerprint density at radius 2 is 1.88 bits per heavy atom. The average Bonchev–Trinajstić information content (AvgIpc) is 2.89. The number of carbonyl (C=O) groups is 1. The second-order valence-corrected chi connectivity index (χ2v) is 5.91. The highest BCUT2D eigenvalue weighted by molar-refractivity contribution is 6.14. The van der Waals surface area contributed by atoms with Crippen LogP contribution < -0.4 is 11.3 Å². The van der Waals surface area contributed by atoms with Gasteiger partial charge in [0.25, 0.3) is 5.56 Å². The van der Waals surface area contributed by atoms with Crippen LogP contribution in [0, 0.1) is 0 Å². The number of nitrogen functional groups attached to an aromatic ring is 1. The molecule has 0 saturated heterocycles. The topological polar surface area (TPSA) is 89.1 Å². The fourth-order valence-electron chi connectivity index (χ4n) is 3.24. The summed E-state index contributed by atoms with van der Waals surface area (Å²) in [5.41, 5.74) is 9.16. The molecule has 124 valence electrons.